The van der Waals surface area contributed by atoms with Crippen LogP contribution in [-0.2, 0) is 9.53 Å². The van der Waals surface area contributed by atoms with E-state index in [1.165, 1.54) is 18.2 Å². The lowest BCUT2D eigenvalue weighted by molar-refractivity contribution is -0.122. The molecule has 0 unspecified atom stereocenters. The zero-order chi connectivity index (χ0) is 17.6. The van der Waals surface area contributed by atoms with Crippen LogP contribution in [0.3, 0.4) is 0 Å². The molecule has 2 heterocycles. The van der Waals surface area contributed by atoms with Crippen LogP contribution in [0.15, 0.2) is 12.4 Å². The fourth-order valence-corrected chi connectivity index (χ4v) is 3.00. The number of aromatic nitrogens is 2. The van der Waals surface area contributed by atoms with Crippen molar-refractivity contribution in [3.63, 3.8) is 0 Å². The summed E-state index contributed by atoms with van der Waals surface area (Å²) >= 11 is 0. The third-order valence-electron chi connectivity index (χ3n) is 4.31. The molecule has 25 heavy (non-hydrogen) atoms. The Morgan fingerprint density at radius 3 is 2.76 bits per heavy atom. The van der Waals surface area contributed by atoms with E-state index >= 15 is 0 Å². The van der Waals surface area contributed by atoms with Gasteiger partial charge in [-0.15, -0.1) is 0 Å². The van der Waals surface area contributed by atoms with Crippen molar-refractivity contribution in [2.24, 2.45) is 0 Å². The van der Waals surface area contributed by atoms with Crippen LogP contribution in [-0.4, -0.2) is 65.8 Å². The molecule has 9 heteroatoms. The molecule has 1 aliphatic carbocycles. The molecule has 0 atom stereocenters. The van der Waals surface area contributed by atoms with E-state index < -0.39 is 6.09 Å². The molecule has 3 rings (SSSR count). The molecule has 1 aliphatic heterocycles. The minimum atomic E-state index is -0.424. The maximum atomic E-state index is 12.0. The second-order valence-electron chi connectivity index (χ2n) is 6.09. The Morgan fingerprint density at radius 2 is 2.08 bits per heavy atom. The molecule has 2 fully saturated rings. The molecule has 1 aromatic heterocycles. The first-order valence-electron chi connectivity index (χ1n) is 8.38. The van der Waals surface area contributed by atoms with Crippen LogP contribution in [0, 0.1) is 0 Å². The second kappa shape index (κ2) is 8.00. The molecule has 0 aromatic carbocycles. The standard InChI is InChI=1S/C16H22N4O5/c1-23-14-8-17-9-15(19-14)25-12-4-2-11(3-5-12)18-13(21)10-20-6-7-24-16(20)22/h8-9,11-12H,2-7,10H2,1H3,(H,18,21). The van der Waals surface area contributed by atoms with E-state index in [2.05, 4.69) is 15.3 Å². The fourth-order valence-electron chi connectivity index (χ4n) is 3.00. The van der Waals surface area contributed by atoms with Crippen molar-refractivity contribution in [1.29, 1.82) is 0 Å². The predicted octanol–water partition coefficient (Wildman–Crippen LogP) is 0.744. The van der Waals surface area contributed by atoms with Gasteiger partial charge in [0.2, 0.25) is 17.7 Å². The van der Waals surface area contributed by atoms with Crippen LogP contribution in [0.5, 0.6) is 11.8 Å². The summed E-state index contributed by atoms with van der Waals surface area (Å²) in [5.41, 5.74) is 0. The highest BCUT2D eigenvalue weighted by molar-refractivity contribution is 5.82. The number of hydrogen-bond acceptors (Lipinski definition) is 7. The minimum absolute atomic E-state index is 0.0446. The molecule has 0 radical (unpaired) electrons. The first-order valence-corrected chi connectivity index (χ1v) is 8.38. The van der Waals surface area contributed by atoms with Gasteiger partial charge < -0.3 is 19.5 Å². The molecular weight excluding hydrogens is 328 g/mol. The number of amides is 2. The highest BCUT2D eigenvalue weighted by Crippen LogP contribution is 2.23. The highest BCUT2D eigenvalue weighted by atomic mass is 16.6. The largest absolute Gasteiger partial charge is 0.480 e. The highest BCUT2D eigenvalue weighted by Gasteiger charge is 2.27. The molecule has 0 spiro atoms. The smallest absolute Gasteiger partial charge is 0.410 e. The lowest BCUT2D eigenvalue weighted by atomic mass is 9.93. The average molecular weight is 350 g/mol. The van der Waals surface area contributed by atoms with Gasteiger partial charge in [-0.2, -0.15) is 4.98 Å². The van der Waals surface area contributed by atoms with Crippen LogP contribution in [0.1, 0.15) is 25.7 Å². The van der Waals surface area contributed by atoms with E-state index in [0.717, 1.165) is 25.7 Å². The second-order valence-corrected chi connectivity index (χ2v) is 6.09. The molecule has 1 saturated heterocycles. The van der Waals surface area contributed by atoms with E-state index in [1.54, 1.807) is 6.20 Å². The number of nitrogens with one attached hydrogen (secondary N) is 1. The Hall–Kier alpha value is -2.58. The topological polar surface area (TPSA) is 103 Å². The van der Waals surface area contributed by atoms with Crippen LogP contribution >= 0.6 is 0 Å². The Labute approximate surface area is 145 Å². The van der Waals surface area contributed by atoms with Gasteiger partial charge in [-0.05, 0) is 25.7 Å². The van der Waals surface area contributed by atoms with E-state index in [1.807, 2.05) is 0 Å². The van der Waals surface area contributed by atoms with Gasteiger partial charge >= 0.3 is 6.09 Å². The van der Waals surface area contributed by atoms with Gasteiger partial charge in [0.1, 0.15) is 19.3 Å². The lowest BCUT2D eigenvalue weighted by Crippen LogP contribution is -2.44. The number of cyclic esters (lactones) is 1. The van der Waals surface area contributed by atoms with Gasteiger partial charge in [-0.3, -0.25) is 14.7 Å². The lowest BCUT2D eigenvalue weighted by Gasteiger charge is -2.29. The zero-order valence-electron chi connectivity index (χ0n) is 14.1. The van der Waals surface area contributed by atoms with Crippen molar-refractivity contribution in [1.82, 2.24) is 20.2 Å². The summed E-state index contributed by atoms with van der Waals surface area (Å²) < 4.78 is 15.7. The molecule has 0 bridgehead atoms. The minimum Gasteiger partial charge on any atom is -0.480 e. The van der Waals surface area contributed by atoms with Gasteiger partial charge in [-0.25, -0.2) is 4.79 Å². The van der Waals surface area contributed by atoms with E-state index in [4.69, 9.17) is 14.2 Å². The van der Waals surface area contributed by atoms with Gasteiger partial charge in [-0.1, -0.05) is 0 Å². The normalized spacial score (nSPS) is 23.1. The molecule has 2 aliphatic rings. The fraction of sp³-hybridized carbons (Fsp3) is 0.625. The first-order chi connectivity index (χ1) is 12.1. The Kier molecular flexibility index (Phi) is 5.52. The van der Waals surface area contributed by atoms with Crippen molar-refractivity contribution in [3.05, 3.63) is 12.4 Å². The third kappa shape index (κ3) is 4.71. The number of rotatable bonds is 6. The molecule has 136 valence electrons. The van der Waals surface area contributed by atoms with Crippen molar-refractivity contribution >= 4 is 12.0 Å². The van der Waals surface area contributed by atoms with Gasteiger partial charge in [0.05, 0.1) is 26.0 Å². The summed E-state index contributed by atoms with van der Waals surface area (Å²) in [7, 11) is 1.53. The quantitative estimate of drug-likeness (QED) is 0.807. The Morgan fingerprint density at radius 1 is 1.32 bits per heavy atom. The summed E-state index contributed by atoms with van der Waals surface area (Å²) in [5.74, 6) is 0.708. The van der Waals surface area contributed by atoms with Crippen molar-refractivity contribution in [2.45, 2.75) is 37.8 Å². The number of nitrogens with zero attached hydrogens (tertiary/aromatic N) is 3. The summed E-state index contributed by atoms with van der Waals surface area (Å²) in [5, 5.41) is 2.98. The molecular formula is C16H22N4O5. The Bertz CT molecular complexity index is 618. The monoisotopic (exact) mass is 350 g/mol. The van der Waals surface area contributed by atoms with Crippen LogP contribution in [0.2, 0.25) is 0 Å². The van der Waals surface area contributed by atoms with Gasteiger partial charge in [0.25, 0.3) is 0 Å². The van der Waals surface area contributed by atoms with Crippen molar-refractivity contribution in [2.75, 3.05) is 26.8 Å². The summed E-state index contributed by atoms with van der Waals surface area (Å²) in [6, 6.07) is 0.0994. The van der Waals surface area contributed by atoms with Crippen molar-refractivity contribution < 1.29 is 23.8 Å². The van der Waals surface area contributed by atoms with Gasteiger partial charge in [0, 0.05) is 6.04 Å². The first kappa shape index (κ1) is 17.2. The number of carbonyl (C=O) groups excluding carboxylic acids is 2. The van der Waals surface area contributed by atoms with Crippen LogP contribution < -0.4 is 14.8 Å². The summed E-state index contributed by atoms with van der Waals surface area (Å²) in [4.78, 5) is 33.0. The molecule has 9 nitrogen and oxygen atoms in total. The third-order valence-corrected chi connectivity index (χ3v) is 4.31. The molecule has 1 saturated carbocycles. The molecule has 1 aromatic rings. The van der Waals surface area contributed by atoms with Gasteiger partial charge in [0.15, 0.2) is 0 Å². The molecule has 1 N–H and O–H groups in total. The summed E-state index contributed by atoms with van der Waals surface area (Å²) in [6.45, 7) is 0.866. The SMILES string of the molecule is COc1cncc(OC2CCC(NC(=O)CN3CCOC3=O)CC2)n1. The summed E-state index contributed by atoms with van der Waals surface area (Å²) in [6.07, 6.45) is 5.97. The van der Waals surface area contributed by atoms with Crippen molar-refractivity contribution in [3.8, 4) is 11.8 Å². The zero-order valence-corrected chi connectivity index (χ0v) is 14.1. The number of carbonyl (C=O) groups is 2. The van der Waals surface area contributed by atoms with E-state index in [-0.39, 0.29) is 24.6 Å². The molecule has 2 amide bonds. The average Bonchev–Trinajstić information content (AvgIpc) is 3.01. The number of methoxy groups -OCH3 is 1. The van der Waals surface area contributed by atoms with E-state index in [0.29, 0.717) is 24.9 Å². The number of ether oxygens (including phenoxy) is 3. The van der Waals surface area contributed by atoms with Crippen LogP contribution in [0.25, 0.3) is 0 Å². The number of hydrogen-bond donors (Lipinski definition) is 1. The maximum absolute atomic E-state index is 12.0. The van der Waals surface area contributed by atoms with Crippen LogP contribution in [0.4, 0.5) is 4.79 Å². The Balaban J connectivity index is 1.40. The predicted molar refractivity (Wildman–Crippen MR) is 86.3 cm³/mol. The maximum Gasteiger partial charge on any atom is 0.410 e. The van der Waals surface area contributed by atoms with E-state index in [9.17, 15) is 9.59 Å².